The van der Waals surface area contributed by atoms with Crippen molar-refractivity contribution in [1.29, 1.82) is 0 Å². The zero-order chi connectivity index (χ0) is 10.2. The van der Waals surface area contributed by atoms with E-state index in [4.69, 9.17) is 0 Å². The number of carbonyl (C=O) groups excluding carboxylic acids is 1. The Labute approximate surface area is 92.8 Å². The van der Waals surface area contributed by atoms with Crippen LogP contribution in [0.5, 0.6) is 0 Å². The molecule has 0 aliphatic rings. The summed E-state index contributed by atoms with van der Waals surface area (Å²) in [7, 11) is 0. The van der Waals surface area contributed by atoms with E-state index >= 15 is 0 Å². The van der Waals surface area contributed by atoms with Gasteiger partial charge in [-0.15, -0.1) is 0 Å². The van der Waals surface area contributed by atoms with Crippen molar-refractivity contribution in [2.45, 2.75) is 12.8 Å². The van der Waals surface area contributed by atoms with Crippen LogP contribution in [-0.2, 0) is 11.2 Å². The predicted molar refractivity (Wildman–Crippen MR) is 61.6 cm³/mol. The van der Waals surface area contributed by atoms with Crippen molar-refractivity contribution in [2.75, 3.05) is 11.9 Å². The Bertz CT molecular complexity index is 274. The van der Waals surface area contributed by atoms with Crippen LogP contribution in [0.4, 0.5) is 0 Å². The number of carbonyl (C=O) groups is 1. The molecule has 0 aromatic heterocycles. The van der Waals surface area contributed by atoms with E-state index in [2.05, 4.69) is 33.4 Å². The maximum absolute atomic E-state index is 10.9. The molecule has 14 heavy (non-hydrogen) atoms. The number of nitrogens with one attached hydrogen (secondary N) is 1. The van der Waals surface area contributed by atoms with E-state index < -0.39 is 0 Å². The highest BCUT2D eigenvalue weighted by Crippen LogP contribution is 2.01. The SMILES string of the molecule is O=C(CBr)NCCCc1ccccc1. The van der Waals surface area contributed by atoms with Gasteiger partial charge in [0.25, 0.3) is 0 Å². The molecule has 0 fully saturated rings. The Morgan fingerprint density at radius 1 is 1.29 bits per heavy atom. The molecule has 0 unspecified atom stereocenters. The summed E-state index contributed by atoms with van der Waals surface area (Å²) in [6.07, 6.45) is 2.01. The van der Waals surface area contributed by atoms with Crippen LogP contribution in [0.25, 0.3) is 0 Å². The first kappa shape index (κ1) is 11.2. The highest BCUT2D eigenvalue weighted by Gasteiger charge is 1.96. The van der Waals surface area contributed by atoms with Gasteiger partial charge in [0.2, 0.25) is 5.91 Å². The van der Waals surface area contributed by atoms with E-state index in [9.17, 15) is 4.79 Å². The van der Waals surface area contributed by atoms with E-state index in [0.717, 1.165) is 19.4 Å². The molecule has 0 aliphatic carbocycles. The second kappa shape index (κ2) is 6.60. The van der Waals surface area contributed by atoms with E-state index in [-0.39, 0.29) is 5.91 Å². The molecule has 0 saturated heterocycles. The molecule has 76 valence electrons. The van der Waals surface area contributed by atoms with Crippen molar-refractivity contribution >= 4 is 21.8 Å². The molecular weight excluding hydrogens is 242 g/mol. The minimum atomic E-state index is 0.0538. The van der Waals surface area contributed by atoms with Gasteiger partial charge in [-0.2, -0.15) is 0 Å². The average Bonchev–Trinajstić information content (AvgIpc) is 2.25. The molecule has 1 rings (SSSR count). The third kappa shape index (κ3) is 4.42. The molecule has 3 heteroatoms. The molecule has 0 aliphatic heterocycles. The maximum atomic E-state index is 10.9. The molecule has 0 radical (unpaired) electrons. The predicted octanol–water partition coefficient (Wildman–Crippen LogP) is 2.13. The van der Waals surface area contributed by atoms with Crippen LogP contribution in [0.15, 0.2) is 30.3 Å². The zero-order valence-electron chi connectivity index (χ0n) is 8.00. The summed E-state index contributed by atoms with van der Waals surface area (Å²) in [6.45, 7) is 0.749. The minimum absolute atomic E-state index is 0.0538. The average molecular weight is 256 g/mol. The fraction of sp³-hybridized carbons (Fsp3) is 0.364. The fourth-order valence-electron chi connectivity index (χ4n) is 1.21. The van der Waals surface area contributed by atoms with E-state index in [1.54, 1.807) is 0 Å². The summed E-state index contributed by atoms with van der Waals surface area (Å²) < 4.78 is 0. The van der Waals surface area contributed by atoms with Crippen molar-refractivity contribution in [3.63, 3.8) is 0 Å². The topological polar surface area (TPSA) is 29.1 Å². The van der Waals surface area contributed by atoms with Crippen molar-refractivity contribution in [2.24, 2.45) is 0 Å². The van der Waals surface area contributed by atoms with Crippen molar-refractivity contribution < 1.29 is 4.79 Å². The van der Waals surface area contributed by atoms with Crippen LogP contribution < -0.4 is 5.32 Å². The number of hydrogen-bond donors (Lipinski definition) is 1. The minimum Gasteiger partial charge on any atom is -0.355 e. The van der Waals surface area contributed by atoms with Crippen LogP contribution in [0.3, 0.4) is 0 Å². The third-order valence-corrected chi connectivity index (χ3v) is 2.44. The Hall–Kier alpha value is -0.830. The standard InChI is InChI=1S/C11H14BrNO/c12-9-11(14)13-8-4-7-10-5-2-1-3-6-10/h1-3,5-6H,4,7-9H2,(H,13,14). The van der Waals surface area contributed by atoms with Gasteiger partial charge in [0.15, 0.2) is 0 Å². The second-order valence-corrected chi connectivity index (χ2v) is 3.63. The zero-order valence-corrected chi connectivity index (χ0v) is 9.59. The van der Waals surface area contributed by atoms with E-state index in [1.807, 2.05) is 18.2 Å². The summed E-state index contributed by atoms with van der Waals surface area (Å²) in [4.78, 5) is 10.9. The highest BCUT2D eigenvalue weighted by atomic mass is 79.9. The van der Waals surface area contributed by atoms with Gasteiger partial charge >= 0.3 is 0 Å². The molecule has 0 saturated carbocycles. The van der Waals surface area contributed by atoms with Gasteiger partial charge in [-0.25, -0.2) is 0 Å². The number of rotatable bonds is 5. The Morgan fingerprint density at radius 3 is 2.64 bits per heavy atom. The van der Waals surface area contributed by atoms with Crippen LogP contribution >= 0.6 is 15.9 Å². The van der Waals surface area contributed by atoms with Gasteiger partial charge in [-0.3, -0.25) is 4.79 Å². The number of halogens is 1. The number of benzene rings is 1. The Kier molecular flexibility index (Phi) is 5.30. The smallest absolute Gasteiger partial charge is 0.230 e. The van der Waals surface area contributed by atoms with Gasteiger partial charge in [0.1, 0.15) is 0 Å². The summed E-state index contributed by atoms with van der Waals surface area (Å²) in [6, 6.07) is 10.3. The summed E-state index contributed by atoms with van der Waals surface area (Å²) >= 11 is 3.10. The molecule has 0 bridgehead atoms. The van der Waals surface area contributed by atoms with Gasteiger partial charge in [-0.1, -0.05) is 46.3 Å². The van der Waals surface area contributed by atoms with Crippen LogP contribution in [0.2, 0.25) is 0 Å². The number of alkyl halides is 1. The Morgan fingerprint density at radius 2 is 2.00 bits per heavy atom. The normalized spacial score (nSPS) is 9.79. The lowest BCUT2D eigenvalue weighted by Gasteiger charge is -2.02. The molecular formula is C11H14BrNO. The lowest BCUT2D eigenvalue weighted by Crippen LogP contribution is -2.25. The molecule has 0 spiro atoms. The first-order valence-electron chi connectivity index (χ1n) is 4.69. The molecule has 0 atom stereocenters. The lowest BCUT2D eigenvalue weighted by atomic mass is 10.1. The van der Waals surface area contributed by atoms with E-state index in [0.29, 0.717) is 5.33 Å². The lowest BCUT2D eigenvalue weighted by molar-refractivity contribution is -0.118. The quantitative estimate of drug-likeness (QED) is 0.634. The largest absolute Gasteiger partial charge is 0.355 e. The summed E-state index contributed by atoms with van der Waals surface area (Å²) in [5.74, 6) is 0.0538. The number of aryl methyl sites for hydroxylation is 1. The maximum Gasteiger partial charge on any atom is 0.230 e. The van der Waals surface area contributed by atoms with Crippen LogP contribution in [0, 0.1) is 0 Å². The fourth-order valence-corrected chi connectivity index (χ4v) is 1.41. The van der Waals surface area contributed by atoms with Gasteiger partial charge in [0, 0.05) is 6.54 Å². The Balaban J connectivity index is 2.13. The second-order valence-electron chi connectivity index (χ2n) is 3.07. The molecule has 1 amide bonds. The monoisotopic (exact) mass is 255 g/mol. The first-order chi connectivity index (χ1) is 6.83. The first-order valence-corrected chi connectivity index (χ1v) is 5.81. The molecule has 1 aromatic carbocycles. The van der Waals surface area contributed by atoms with Crippen molar-refractivity contribution in [1.82, 2.24) is 5.32 Å². The van der Waals surface area contributed by atoms with Gasteiger partial charge < -0.3 is 5.32 Å². The van der Waals surface area contributed by atoms with Gasteiger partial charge in [-0.05, 0) is 18.4 Å². The molecule has 0 heterocycles. The molecule has 2 nitrogen and oxygen atoms in total. The summed E-state index contributed by atoms with van der Waals surface area (Å²) in [5, 5.41) is 3.20. The summed E-state index contributed by atoms with van der Waals surface area (Å²) in [5.41, 5.74) is 1.32. The molecule has 1 aromatic rings. The molecule has 1 N–H and O–H groups in total. The number of amides is 1. The van der Waals surface area contributed by atoms with Crippen molar-refractivity contribution in [3.05, 3.63) is 35.9 Å². The van der Waals surface area contributed by atoms with Gasteiger partial charge in [0.05, 0.1) is 5.33 Å². The van der Waals surface area contributed by atoms with E-state index in [1.165, 1.54) is 5.56 Å². The van der Waals surface area contributed by atoms with Crippen LogP contribution in [-0.4, -0.2) is 17.8 Å². The number of hydrogen-bond acceptors (Lipinski definition) is 1. The van der Waals surface area contributed by atoms with Crippen LogP contribution in [0.1, 0.15) is 12.0 Å². The third-order valence-electron chi connectivity index (χ3n) is 1.93. The van der Waals surface area contributed by atoms with Crippen molar-refractivity contribution in [3.8, 4) is 0 Å². The highest BCUT2D eigenvalue weighted by molar-refractivity contribution is 9.09.